The second kappa shape index (κ2) is 8.37. The molecule has 1 fully saturated rings. The summed E-state index contributed by atoms with van der Waals surface area (Å²) in [5.41, 5.74) is 2.63. The molecule has 1 aliphatic heterocycles. The van der Waals surface area contributed by atoms with Gasteiger partial charge in [0.15, 0.2) is 0 Å². The zero-order chi connectivity index (χ0) is 20.4. The number of rotatable bonds is 5. The molecule has 1 amide bonds. The molecule has 0 bridgehead atoms. The minimum atomic E-state index is -0.122. The molecule has 0 aliphatic carbocycles. The molecule has 152 valence electrons. The zero-order valence-electron chi connectivity index (χ0n) is 16.8. The topological polar surface area (TPSA) is 78.1 Å². The summed E-state index contributed by atoms with van der Waals surface area (Å²) in [6, 6.07) is 10.00. The van der Waals surface area contributed by atoms with Crippen molar-refractivity contribution in [3.8, 4) is 11.1 Å². The summed E-state index contributed by atoms with van der Waals surface area (Å²) in [6.45, 7) is 6.22. The third-order valence-electron chi connectivity index (χ3n) is 5.28. The molecule has 3 aromatic rings. The maximum absolute atomic E-state index is 12.7. The second-order valence-corrected chi connectivity index (χ2v) is 8.89. The first kappa shape index (κ1) is 19.6. The first-order valence-corrected chi connectivity index (χ1v) is 11.0. The number of hydrogen-bond donors (Lipinski definition) is 2. The van der Waals surface area contributed by atoms with Crippen molar-refractivity contribution in [1.29, 1.82) is 0 Å². The molecule has 2 N–H and O–H groups in total. The van der Waals surface area contributed by atoms with Gasteiger partial charge in [-0.2, -0.15) is 0 Å². The Morgan fingerprint density at radius 3 is 2.90 bits per heavy atom. The van der Waals surface area contributed by atoms with Gasteiger partial charge < -0.3 is 10.2 Å². The number of nitrogens with one attached hydrogen (secondary N) is 2. The predicted octanol–water partition coefficient (Wildman–Crippen LogP) is 3.64. The Kier molecular flexibility index (Phi) is 5.67. The van der Waals surface area contributed by atoms with E-state index < -0.39 is 0 Å². The van der Waals surface area contributed by atoms with Crippen LogP contribution in [0.1, 0.15) is 26.7 Å². The Morgan fingerprint density at radius 1 is 1.34 bits per heavy atom. The average Bonchev–Trinajstić information content (AvgIpc) is 3.17. The Morgan fingerprint density at radius 2 is 2.14 bits per heavy atom. The monoisotopic (exact) mass is 410 g/mol. The van der Waals surface area contributed by atoms with Gasteiger partial charge in [0.05, 0.1) is 11.4 Å². The van der Waals surface area contributed by atoms with E-state index in [1.165, 1.54) is 11.3 Å². The van der Waals surface area contributed by atoms with Crippen molar-refractivity contribution >= 4 is 33.4 Å². The molecule has 0 radical (unpaired) electrons. The van der Waals surface area contributed by atoms with Gasteiger partial charge in [-0.15, -0.1) is 11.3 Å². The van der Waals surface area contributed by atoms with Gasteiger partial charge in [-0.25, -0.2) is 4.98 Å². The number of nitrogens with zero attached hydrogens (tertiary/aromatic N) is 2. The van der Waals surface area contributed by atoms with E-state index in [1.807, 2.05) is 40.6 Å². The van der Waals surface area contributed by atoms with E-state index in [0.717, 1.165) is 36.0 Å². The van der Waals surface area contributed by atoms with Crippen LogP contribution in [0.25, 0.3) is 21.3 Å². The van der Waals surface area contributed by atoms with Crippen molar-refractivity contribution in [1.82, 2.24) is 15.3 Å². The van der Waals surface area contributed by atoms with Crippen LogP contribution < -0.4 is 15.8 Å². The predicted molar refractivity (Wildman–Crippen MR) is 118 cm³/mol. The largest absolute Gasteiger partial charge is 0.356 e. The fourth-order valence-corrected chi connectivity index (χ4v) is 4.63. The molecule has 1 aliphatic rings. The second-order valence-electron chi connectivity index (χ2n) is 8.01. The minimum Gasteiger partial charge on any atom is -0.356 e. The highest BCUT2D eigenvalue weighted by molar-refractivity contribution is 7.17. The molecule has 7 heteroatoms. The van der Waals surface area contributed by atoms with Gasteiger partial charge >= 0.3 is 0 Å². The van der Waals surface area contributed by atoms with Crippen molar-refractivity contribution in [3.05, 3.63) is 46.1 Å². The first-order valence-electron chi connectivity index (χ1n) is 10.1. The van der Waals surface area contributed by atoms with Crippen LogP contribution in [0.5, 0.6) is 0 Å². The zero-order valence-corrected chi connectivity index (χ0v) is 17.6. The van der Waals surface area contributed by atoms with Crippen molar-refractivity contribution in [2.24, 2.45) is 11.8 Å². The van der Waals surface area contributed by atoms with E-state index in [1.54, 1.807) is 0 Å². The third kappa shape index (κ3) is 4.19. The molecule has 3 heterocycles. The minimum absolute atomic E-state index is 0.0837. The molecule has 29 heavy (non-hydrogen) atoms. The van der Waals surface area contributed by atoms with E-state index >= 15 is 0 Å². The number of carbonyl (C=O) groups is 1. The Balaban J connectivity index is 1.62. The molecular formula is C22H26N4O2S. The SMILES string of the molecule is CC(C)CNC(=O)[C@H]1CCCN(c2nc3c(-c4ccccc4)csc3c(=O)[nH]2)C1. The highest BCUT2D eigenvalue weighted by Gasteiger charge is 2.27. The number of thiophene rings is 1. The quantitative estimate of drug-likeness (QED) is 0.673. The fraction of sp³-hybridized carbons (Fsp3) is 0.409. The third-order valence-corrected chi connectivity index (χ3v) is 6.24. The summed E-state index contributed by atoms with van der Waals surface area (Å²) in [5, 5.41) is 5.03. The van der Waals surface area contributed by atoms with Crippen LogP contribution >= 0.6 is 11.3 Å². The number of aromatic nitrogens is 2. The summed E-state index contributed by atoms with van der Waals surface area (Å²) in [5.74, 6) is 0.986. The number of aromatic amines is 1. The lowest BCUT2D eigenvalue weighted by Gasteiger charge is -2.32. The van der Waals surface area contributed by atoms with E-state index in [-0.39, 0.29) is 17.4 Å². The molecule has 4 rings (SSSR count). The van der Waals surface area contributed by atoms with Gasteiger partial charge in [-0.1, -0.05) is 44.2 Å². The van der Waals surface area contributed by atoms with Crippen molar-refractivity contribution in [3.63, 3.8) is 0 Å². The Labute approximate surface area is 174 Å². The number of amides is 1. The summed E-state index contributed by atoms with van der Waals surface area (Å²) in [4.78, 5) is 35.0. The number of piperidine rings is 1. The highest BCUT2D eigenvalue weighted by Crippen LogP contribution is 2.32. The van der Waals surface area contributed by atoms with Gasteiger partial charge in [0, 0.05) is 30.6 Å². The summed E-state index contributed by atoms with van der Waals surface area (Å²) in [6.07, 6.45) is 1.76. The van der Waals surface area contributed by atoms with Crippen LogP contribution in [-0.2, 0) is 4.79 Å². The standard InChI is InChI=1S/C22H26N4O2S/c1-14(2)11-23-20(27)16-9-6-10-26(12-16)22-24-18-17(15-7-4-3-5-8-15)13-29-19(18)21(28)25-22/h3-5,7-8,13-14,16H,6,9-12H2,1-2H3,(H,23,27)(H,24,25,28)/t16-/m0/s1. The number of anilines is 1. The summed E-state index contributed by atoms with van der Waals surface area (Å²) >= 11 is 1.42. The fourth-order valence-electron chi connectivity index (χ4n) is 3.72. The number of fused-ring (bicyclic) bond motifs is 1. The maximum Gasteiger partial charge on any atom is 0.270 e. The summed E-state index contributed by atoms with van der Waals surface area (Å²) < 4.78 is 0.635. The van der Waals surface area contributed by atoms with Crippen molar-refractivity contribution < 1.29 is 4.79 Å². The highest BCUT2D eigenvalue weighted by atomic mass is 32.1. The van der Waals surface area contributed by atoms with Crippen LogP contribution in [0.15, 0.2) is 40.5 Å². The van der Waals surface area contributed by atoms with Gasteiger partial charge in [0.1, 0.15) is 4.70 Å². The van der Waals surface area contributed by atoms with Crippen LogP contribution in [-0.4, -0.2) is 35.5 Å². The van der Waals surface area contributed by atoms with E-state index in [9.17, 15) is 9.59 Å². The van der Waals surface area contributed by atoms with Gasteiger partial charge in [0.2, 0.25) is 11.9 Å². The lowest BCUT2D eigenvalue weighted by atomic mass is 9.97. The van der Waals surface area contributed by atoms with Crippen molar-refractivity contribution in [2.75, 3.05) is 24.5 Å². The first-order chi connectivity index (χ1) is 14.0. The molecule has 6 nitrogen and oxygen atoms in total. The summed E-state index contributed by atoms with van der Waals surface area (Å²) in [7, 11) is 0. The molecule has 1 aromatic carbocycles. The molecule has 1 saturated heterocycles. The van der Waals surface area contributed by atoms with Crippen LogP contribution in [0, 0.1) is 11.8 Å². The van der Waals surface area contributed by atoms with Crippen LogP contribution in [0.4, 0.5) is 5.95 Å². The smallest absolute Gasteiger partial charge is 0.270 e. The normalized spacial score (nSPS) is 17.1. The van der Waals surface area contributed by atoms with Gasteiger partial charge in [0.25, 0.3) is 5.56 Å². The van der Waals surface area contributed by atoms with E-state index in [4.69, 9.17) is 4.98 Å². The van der Waals surface area contributed by atoms with Gasteiger partial charge in [-0.05, 0) is 24.3 Å². The van der Waals surface area contributed by atoms with Crippen molar-refractivity contribution in [2.45, 2.75) is 26.7 Å². The Hall–Kier alpha value is -2.67. The number of carbonyl (C=O) groups excluding carboxylic acids is 1. The van der Waals surface area contributed by atoms with E-state index in [0.29, 0.717) is 29.7 Å². The lowest BCUT2D eigenvalue weighted by molar-refractivity contribution is -0.125. The lowest BCUT2D eigenvalue weighted by Crippen LogP contribution is -2.44. The van der Waals surface area contributed by atoms with Crippen LogP contribution in [0.2, 0.25) is 0 Å². The maximum atomic E-state index is 12.7. The molecule has 2 aromatic heterocycles. The molecule has 0 saturated carbocycles. The van der Waals surface area contributed by atoms with Gasteiger partial charge in [-0.3, -0.25) is 14.6 Å². The average molecular weight is 411 g/mol. The molecular weight excluding hydrogens is 384 g/mol. The number of H-pyrrole nitrogens is 1. The van der Waals surface area contributed by atoms with Crippen LogP contribution in [0.3, 0.4) is 0 Å². The molecule has 0 unspecified atom stereocenters. The molecule has 0 spiro atoms. The number of benzene rings is 1. The van der Waals surface area contributed by atoms with E-state index in [2.05, 4.69) is 24.1 Å². The Bertz CT molecular complexity index is 1060. The number of hydrogen-bond acceptors (Lipinski definition) is 5. The molecule has 1 atom stereocenters.